The van der Waals surface area contributed by atoms with Crippen molar-refractivity contribution in [1.29, 1.82) is 0 Å². The maximum atomic E-state index is 13.4. The molecule has 3 heterocycles. The summed E-state index contributed by atoms with van der Waals surface area (Å²) in [4.78, 5) is 65.6. The summed E-state index contributed by atoms with van der Waals surface area (Å²) < 4.78 is 0. The number of benzene rings is 1. The highest BCUT2D eigenvalue weighted by molar-refractivity contribution is 6.22. The summed E-state index contributed by atoms with van der Waals surface area (Å²) >= 11 is 0. The zero-order valence-electron chi connectivity index (χ0n) is 16.9. The van der Waals surface area contributed by atoms with E-state index < -0.39 is 29.4 Å². The molecule has 9 heteroatoms. The number of fused-ring (bicyclic) bond motifs is 1. The predicted molar refractivity (Wildman–Crippen MR) is 105 cm³/mol. The SMILES string of the molecule is CC(C)CC(C(=O)N1CCC2(CC1)NC(=O)NC2=O)N1C(=O)c2ccccc2C1=O. The van der Waals surface area contributed by atoms with Crippen LogP contribution in [0.3, 0.4) is 0 Å². The summed E-state index contributed by atoms with van der Waals surface area (Å²) in [7, 11) is 0. The second kappa shape index (κ2) is 7.23. The number of likely N-dealkylation sites (tertiary alicyclic amines) is 1. The molecular formula is C21H24N4O5. The Balaban J connectivity index is 1.55. The van der Waals surface area contributed by atoms with Gasteiger partial charge in [-0.05, 0) is 37.3 Å². The Bertz CT molecular complexity index is 913. The molecule has 0 aromatic heterocycles. The van der Waals surface area contributed by atoms with Gasteiger partial charge in [0.05, 0.1) is 11.1 Å². The van der Waals surface area contributed by atoms with Gasteiger partial charge in [-0.3, -0.25) is 29.4 Å². The normalized spacial score (nSPS) is 21.2. The van der Waals surface area contributed by atoms with E-state index in [1.165, 1.54) is 0 Å². The smallest absolute Gasteiger partial charge is 0.322 e. The average Bonchev–Trinajstić information content (AvgIpc) is 3.13. The molecule has 2 fully saturated rings. The van der Waals surface area contributed by atoms with E-state index in [4.69, 9.17) is 0 Å². The van der Waals surface area contributed by atoms with Crippen molar-refractivity contribution in [2.75, 3.05) is 13.1 Å². The number of nitrogens with one attached hydrogen (secondary N) is 2. The number of hydrogen-bond acceptors (Lipinski definition) is 5. The first-order chi connectivity index (χ1) is 14.2. The number of carbonyl (C=O) groups is 5. The number of amides is 6. The summed E-state index contributed by atoms with van der Waals surface area (Å²) in [6, 6.07) is 5.15. The van der Waals surface area contributed by atoms with Crippen LogP contribution in [0.1, 0.15) is 53.8 Å². The largest absolute Gasteiger partial charge is 0.341 e. The molecule has 0 bridgehead atoms. The van der Waals surface area contributed by atoms with Crippen LogP contribution < -0.4 is 10.6 Å². The van der Waals surface area contributed by atoms with Crippen LogP contribution in [0.5, 0.6) is 0 Å². The molecule has 0 aliphatic carbocycles. The highest BCUT2D eigenvalue weighted by Gasteiger charge is 2.50. The van der Waals surface area contributed by atoms with Gasteiger partial charge in [-0.15, -0.1) is 0 Å². The van der Waals surface area contributed by atoms with Gasteiger partial charge in [0.15, 0.2) is 0 Å². The maximum absolute atomic E-state index is 13.4. The van der Waals surface area contributed by atoms with Gasteiger partial charge in [0, 0.05) is 13.1 Å². The van der Waals surface area contributed by atoms with Gasteiger partial charge < -0.3 is 10.2 Å². The van der Waals surface area contributed by atoms with Crippen molar-refractivity contribution in [2.45, 2.75) is 44.7 Å². The van der Waals surface area contributed by atoms with E-state index >= 15 is 0 Å². The Kier molecular flexibility index (Phi) is 4.83. The van der Waals surface area contributed by atoms with Crippen LogP contribution in [-0.2, 0) is 9.59 Å². The van der Waals surface area contributed by atoms with Crippen molar-refractivity contribution in [2.24, 2.45) is 5.92 Å². The van der Waals surface area contributed by atoms with Crippen LogP contribution in [0.15, 0.2) is 24.3 Å². The number of rotatable bonds is 4. The summed E-state index contributed by atoms with van der Waals surface area (Å²) in [5.74, 6) is -1.51. The third-order valence-corrected chi connectivity index (χ3v) is 6.06. The number of carbonyl (C=O) groups excluding carboxylic acids is 5. The van der Waals surface area contributed by atoms with Crippen molar-refractivity contribution >= 4 is 29.7 Å². The van der Waals surface area contributed by atoms with E-state index in [9.17, 15) is 24.0 Å². The lowest BCUT2D eigenvalue weighted by Crippen LogP contribution is -2.59. The van der Waals surface area contributed by atoms with E-state index in [0.717, 1.165) is 4.90 Å². The van der Waals surface area contributed by atoms with Gasteiger partial charge in [-0.1, -0.05) is 26.0 Å². The minimum absolute atomic E-state index is 0.0827. The molecule has 0 saturated carbocycles. The lowest BCUT2D eigenvalue weighted by molar-refractivity contribution is -0.139. The monoisotopic (exact) mass is 412 g/mol. The van der Waals surface area contributed by atoms with Crippen molar-refractivity contribution in [3.05, 3.63) is 35.4 Å². The van der Waals surface area contributed by atoms with Gasteiger partial charge in [-0.25, -0.2) is 4.79 Å². The minimum atomic E-state index is -0.989. The molecule has 1 spiro atoms. The van der Waals surface area contributed by atoms with E-state index in [2.05, 4.69) is 10.6 Å². The van der Waals surface area contributed by atoms with Crippen molar-refractivity contribution < 1.29 is 24.0 Å². The van der Waals surface area contributed by atoms with Gasteiger partial charge in [-0.2, -0.15) is 0 Å². The lowest BCUT2D eigenvalue weighted by atomic mass is 9.87. The number of hydrogen-bond donors (Lipinski definition) is 2. The number of urea groups is 1. The summed E-state index contributed by atoms with van der Waals surface area (Å²) in [6.07, 6.45) is 0.919. The molecule has 1 atom stereocenters. The van der Waals surface area contributed by atoms with E-state index in [1.807, 2.05) is 13.8 Å². The van der Waals surface area contributed by atoms with Crippen LogP contribution >= 0.6 is 0 Å². The fourth-order valence-electron chi connectivity index (χ4n) is 4.45. The molecule has 0 radical (unpaired) electrons. The van der Waals surface area contributed by atoms with Crippen LogP contribution in [0.25, 0.3) is 0 Å². The summed E-state index contributed by atoms with van der Waals surface area (Å²) in [5.41, 5.74) is -0.365. The zero-order chi connectivity index (χ0) is 21.6. The quantitative estimate of drug-likeness (QED) is 0.563. The van der Waals surface area contributed by atoms with E-state index in [1.54, 1.807) is 29.2 Å². The topological polar surface area (TPSA) is 116 Å². The maximum Gasteiger partial charge on any atom is 0.322 e. The molecule has 4 rings (SSSR count). The molecule has 3 aliphatic rings. The Hall–Kier alpha value is -3.23. The molecule has 30 heavy (non-hydrogen) atoms. The zero-order valence-corrected chi connectivity index (χ0v) is 16.9. The molecule has 158 valence electrons. The first-order valence-electron chi connectivity index (χ1n) is 10.1. The van der Waals surface area contributed by atoms with Gasteiger partial charge in [0.1, 0.15) is 11.6 Å². The molecule has 1 aromatic carbocycles. The molecule has 9 nitrogen and oxygen atoms in total. The van der Waals surface area contributed by atoms with E-state index in [0.29, 0.717) is 17.5 Å². The molecule has 2 N–H and O–H groups in total. The van der Waals surface area contributed by atoms with Gasteiger partial charge in [0.25, 0.3) is 17.7 Å². The van der Waals surface area contributed by atoms with Crippen molar-refractivity contribution in [3.63, 3.8) is 0 Å². The number of imide groups is 2. The fraction of sp³-hybridized carbons (Fsp3) is 0.476. The fourth-order valence-corrected chi connectivity index (χ4v) is 4.45. The summed E-state index contributed by atoms with van der Waals surface area (Å²) in [6.45, 7) is 4.37. The van der Waals surface area contributed by atoms with E-state index in [-0.39, 0.29) is 43.7 Å². The van der Waals surface area contributed by atoms with Crippen LogP contribution in [0.2, 0.25) is 0 Å². The van der Waals surface area contributed by atoms with Crippen LogP contribution in [0, 0.1) is 5.92 Å². The highest BCUT2D eigenvalue weighted by Crippen LogP contribution is 2.30. The van der Waals surface area contributed by atoms with Crippen molar-refractivity contribution in [1.82, 2.24) is 20.4 Å². The third kappa shape index (κ3) is 3.14. The predicted octanol–water partition coefficient (Wildman–Crippen LogP) is 0.898. The Morgan fingerprint density at radius 1 is 1.03 bits per heavy atom. The molecule has 3 aliphatic heterocycles. The molecule has 1 unspecified atom stereocenters. The van der Waals surface area contributed by atoms with Gasteiger partial charge >= 0.3 is 6.03 Å². The second-order valence-electron chi connectivity index (χ2n) is 8.49. The first kappa shape index (κ1) is 20.1. The first-order valence-corrected chi connectivity index (χ1v) is 10.1. The third-order valence-electron chi connectivity index (χ3n) is 6.06. The lowest BCUT2D eigenvalue weighted by Gasteiger charge is -2.39. The molecular weight excluding hydrogens is 388 g/mol. The van der Waals surface area contributed by atoms with Gasteiger partial charge in [0.2, 0.25) is 5.91 Å². The minimum Gasteiger partial charge on any atom is -0.341 e. The molecule has 2 saturated heterocycles. The Morgan fingerprint density at radius 3 is 2.07 bits per heavy atom. The number of piperidine rings is 1. The molecule has 6 amide bonds. The van der Waals surface area contributed by atoms with Crippen molar-refractivity contribution in [3.8, 4) is 0 Å². The second-order valence-corrected chi connectivity index (χ2v) is 8.49. The average molecular weight is 412 g/mol. The highest BCUT2D eigenvalue weighted by atomic mass is 16.2. The summed E-state index contributed by atoms with van der Waals surface area (Å²) in [5, 5.41) is 4.91. The van der Waals surface area contributed by atoms with Crippen LogP contribution in [0.4, 0.5) is 4.79 Å². The standard InChI is InChI=1S/C21H24N4O5/c1-12(2)11-15(25-16(26)13-5-3-4-6-14(13)17(25)27)18(28)24-9-7-21(8-10-24)19(29)22-20(30)23-21/h3-6,12,15H,7-11H2,1-2H3,(H2,22,23,29,30). The Labute approximate surface area is 173 Å². The Morgan fingerprint density at radius 2 is 1.60 bits per heavy atom. The van der Waals surface area contributed by atoms with Crippen LogP contribution in [-0.4, -0.2) is 64.1 Å². The number of nitrogens with zero attached hydrogens (tertiary/aromatic N) is 2. The molecule has 1 aromatic rings.